The van der Waals surface area contributed by atoms with Gasteiger partial charge in [0.1, 0.15) is 11.5 Å². The second-order valence-corrected chi connectivity index (χ2v) is 3.50. The Morgan fingerprint density at radius 2 is 1.75 bits per heavy atom. The molecule has 1 rings (SSSR count). The second-order valence-electron chi connectivity index (χ2n) is 3.50. The van der Waals surface area contributed by atoms with E-state index >= 15 is 0 Å². The van der Waals surface area contributed by atoms with Gasteiger partial charge in [0.2, 0.25) is 0 Å². The van der Waals surface area contributed by atoms with E-state index in [-0.39, 0.29) is 11.5 Å². The Morgan fingerprint density at radius 3 is 2.00 bits per heavy atom. The Hall–Kier alpha value is -1.71. The van der Waals surface area contributed by atoms with E-state index in [1.54, 1.807) is 0 Å². The molecule has 4 heteroatoms. The number of benzene rings is 1. The van der Waals surface area contributed by atoms with Gasteiger partial charge >= 0.3 is 5.97 Å². The zero-order valence-electron chi connectivity index (χ0n) is 9.61. The third-order valence-electron chi connectivity index (χ3n) is 2.28. The molecule has 1 radical (unpaired) electrons. The summed E-state index contributed by atoms with van der Waals surface area (Å²) in [6.07, 6.45) is 0. The summed E-state index contributed by atoms with van der Waals surface area (Å²) < 4.78 is 10.3. The van der Waals surface area contributed by atoms with Crippen LogP contribution >= 0.6 is 0 Å². The van der Waals surface area contributed by atoms with Crippen molar-refractivity contribution < 1.29 is 19.4 Å². The molecule has 0 heterocycles. The first-order valence-electron chi connectivity index (χ1n) is 4.83. The smallest absolute Gasteiger partial charge is 0.335 e. The van der Waals surface area contributed by atoms with Crippen LogP contribution in [0.4, 0.5) is 0 Å². The summed E-state index contributed by atoms with van der Waals surface area (Å²) >= 11 is 0. The van der Waals surface area contributed by atoms with Gasteiger partial charge in [-0.15, -0.1) is 0 Å². The van der Waals surface area contributed by atoms with Gasteiger partial charge in [0.15, 0.2) is 0 Å². The van der Waals surface area contributed by atoms with Gasteiger partial charge in [-0.2, -0.15) is 0 Å². The number of carbonyl (C=O) groups is 1. The average Bonchev–Trinajstić information content (AvgIpc) is 2.26. The fraction of sp³-hybridized carbons (Fsp3) is 0.333. The number of methoxy groups -OCH3 is 2. The van der Waals surface area contributed by atoms with Crippen molar-refractivity contribution in [1.82, 2.24) is 0 Å². The zero-order chi connectivity index (χ0) is 12.3. The first kappa shape index (κ1) is 12.4. The van der Waals surface area contributed by atoms with Crippen LogP contribution in [0, 0.1) is 6.92 Å². The molecule has 0 saturated carbocycles. The normalized spacial score (nSPS) is 10.3. The molecular weight excluding hydrogens is 208 g/mol. The van der Waals surface area contributed by atoms with Crippen molar-refractivity contribution in [1.29, 1.82) is 0 Å². The lowest BCUT2D eigenvalue weighted by atomic mass is 9.98. The molecule has 0 fully saturated rings. The van der Waals surface area contributed by atoms with E-state index < -0.39 is 5.97 Å². The molecular formula is C12H15O4. The van der Waals surface area contributed by atoms with Crippen molar-refractivity contribution in [3.8, 4) is 11.5 Å². The summed E-state index contributed by atoms with van der Waals surface area (Å²) in [7, 11) is 2.98. The van der Waals surface area contributed by atoms with Gasteiger partial charge in [0.05, 0.1) is 19.8 Å². The molecule has 1 unspecified atom stereocenters. The van der Waals surface area contributed by atoms with Gasteiger partial charge < -0.3 is 14.6 Å². The molecule has 0 amide bonds. The molecule has 1 aromatic carbocycles. The van der Waals surface area contributed by atoms with Gasteiger partial charge in [0.25, 0.3) is 0 Å². The van der Waals surface area contributed by atoms with Crippen LogP contribution in [0.2, 0.25) is 0 Å². The number of rotatable bonds is 4. The number of carboxylic acid groups (broad SMARTS) is 1. The van der Waals surface area contributed by atoms with Crippen LogP contribution in [0.15, 0.2) is 12.1 Å². The highest BCUT2D eigenvalue weighted by Gasteiger charge is 2.17. The number of aromatic carboxylic acids is 1. The second kappa shape index (κ2) is 4.88. The molecule has 0 aromatic heterocycles. The fourth-order valence-corrected chi connectivity index (χ4v) is 1.55. The van der Waals surface area contributed by atoms with Crippen molar-refractivity contribution in [2.45, 2.75) is 12.8 Å². The van der Waals surface area contributed by atoms with Crippen molar-refractivity contribution in [2.75, 3.05) is 14.2 Å². The largest absolute Gasteiger partial charge is 0.496 e. The summed E-state index contributed by atoms with van der Waals surface area (Å²) in [6.45, 7) is 5.78. The molecule has 1 aromatic rings. The third-order valence-corrected chi connectivity index (χ3v) is 2.28. The Bertz CT molecular complexity index is 371. The Labute approximate surface area is 94.8 Å². The Kier molecular flexibility index (Phi) is 3.77. The maximum atomic E-state index is 10.9. The van der Waals surface area contributed by atoms with Crippen LogP contribution in [0.3, 0.4) is 0 Å². The van der Waals surface area contributed by atoms with Gasteiger partial charge in [-0.1, -0.05) is 6.92 Å². The van der Waals surface area contributed by atoms with Gasteiger partial charge in [0, 0.05) is 5.56 Å². The quantitative estimate of drug-likeness (QED) is 0.851. The molecule has 87 valence electrons. The van der Waals surface area contributed by atoms with E-state index in [2.05, 4.69) is 6.92 Å². The summed E-state index contributed by atoms with van der Waals surface area (Å²) in [5.41, 5.74) is 0.910. The topological polar surface area (TPSA) is 55.8 Å². The van der Waals surface area contributed by atoms with Crippen LogP contribution in [-0.2, 0) is 0 Å². The highest BCUT2D eigenvalue weighted by Crippen LogP contribution is 2.36. The lowest BCUT2D eigenvalue weighted by molar-refractivity contribution is 0.0696. The molecule has 0 bridgehead atoms. The maximum absolute atomic E-state index is 10.9. The molecule has 0 saturated heterocycles. The minimum atomic E-state index is -1.01. The monoisotopic (exact) mass is 223 g/mol. The summed E-state index contributed by atoms with van der Waals surface area (Å²) in [4.78, 5) is 10.9. The highest BCUT2D eigenvalue weighted by atomic mass is 16.5. The van der Waals surface area contributed by atoms with Crippen molar-refractivity contribution in [2.24, 2.45) is 0 Å². The molecule has 0 aliphatic rings. The van der Waals surface area contributed by atoms with Crippen molar-refractivity contribution in [3.05, 3.63) is 30.2 Å². The Morgan fingerprint density at radius 1 is 1.31 bits per heavy atom. The molecule has 16 heavy (non-hydrogen) atoms. The lowest BCUT2D eigenvalue weighted by Crippen LogP contribution is -2.03. The molecule has 4 nitrogen and oxygen atoms in total. The first-order valence-corrected chi connectivity index (χ1v) is 4.83. The average molecular weight is 223 g/mol. The standard InChI is InChI=1S/C12H15O4/c1-7(2)11-9(15-3)5-8(12(13)14)6-10(11)16-4/h5-7H,1H2,2-4H3,(H,13,14). The molecule has 0 spiro atoms. The summed E-state index contributed by atoms with van der Waals surface area (Å²) in [5, 5.41) is 8.93. The van der Waals surface area contributed by atoms with Crippen LogP contribution < -0.4 is 9.47 Å². The van der Waals surface area contributed by atoms with Crippen molar-refractivity contribution in [3.63, 3.8) is 0 Å². The molecule has 0 aliphatic heterocycles. The van der Waals surface area contributed by atoms with E-state index in [9.17, 15) is 4.79 Å². The van der Waals surface area contributed by atoms with Crippen LogP contribution in [0.5, 0.6) is 11.5 Å². The Balaban J connectivity index is 3.42. The fourth-order valence-electron chi connectivity index (χ4n) is 1.55. The SMILES string of the molecule is [CH2]C(C)c1c(OC)cc(C(=O)O)cc1OC. The molecule has 1 atom stereocenters. The van der Waals surface area contributed by atoms with E-state index in [4.69, 9.17) is 14.6 Å². The van der Waals surface area contributed by atoms with Gasteiger partial charge in [-0.05, 0) is 25.0 Å². The zero-order valence-corrected chi connectivity index (χ0v) is 9.61. The highest BCUT2D eigenvalue weighted by molar-refractivity contribution is 5.89. The number of carboxylic acids is 1. The predicted octanol–water partition coefficient (Wildman–Crippen LogP) is 2.34. The van der Waals surface area contributed by atoms with Crippen LogP contribution in [-0.4, -0.2) is 25.3 Å². The lowest BCUT2D eigenvalue weighted by Gasteiger charge is -2.16. The van der Waals surface area contributed by atoms with E-state index in [0.717, 1.165) is 5.56 Å². The van der Waals surface area contributed by atoms with Gasteiger partial charge in [-0.25, -0.2) is 4.79 Å². The predicted molar refractivity (Wildman–Crippen MR) is 60.3 cm³/mol. The van der Waals surface area contributed by atoms with E-state index in [1.165, 1.54) is 26.4 Å². The molecule has 0 aliphatic carbocycles. The first-order chi connectivity index (χ1) is 7.51. The summed E-state index contributed by atoms with van der Waals surface area (Å²) in [6, 6.07) is 2.95. The molecule has 1 N–H and O–H groups in total. The van der Waals surface area contributed by atoms with Crippen LogP contribution in [0.1, 0.15) is 28.8 Å². The number of hydrogen-bond donors (Lipinski definition) is 1. The number of hydrogen-bond acceptors (Lipinski definition) is 3. The summed E-state index contributed by atoms with van der Waals surface area (Å²) in [5.74, 6) is -0.0916. The maximum Gasteiger partial charge on any atom is 0.335 e. The van der Waals surface area contributed by atoms with Gasteiger partial charge in [-0.3, -0.25) is 0 Å². The van der Waals surface area contributed by atoms with Crippen molar-refractivity contribution >= 4 is 5.97 Å². The van der Waals surface area contributed by atoms with Crippen LogP contribution in [0.25, 0.3) is 0 Å². The third kappa shape index (κ3) is 2.27. The minimum Gasteiger partial charge on any atom is -0.496 e. The van der Waals surface area contributed by atoms with E-state index in [0.29, 0.717) is 11.5 Å². The van der Waals surface area contributed by atoms with E-state index in [1.807, 2.05) is 6.92 Å². The number of ether oxygens (including phenoxy) is 2. The minimum absolute atomic E-state index is 0.0484.